The van der Waals surface area contributed by atoms with Crippen molar-refractivity contribution < 1.29 is 23.7 Å². The largest absolute Gasteiger partial charge is 0.482 e. The van der Waals surface area contributed by atoms with E-state index in [0.717, 1.165) is 11.1 Å². The minimum Gasteiger partial charge on any atom is -0.482 e. The molecule has 4 rings (SSSR count). The number of hydrogen-bond donors (Lipinski definition) is 1. The molecule has 3 aromatic rings. The molecule has 6 nitrogen and oxygen atoms in total. The van der Waals surface area contributed by atoms with Crippen molar-refractivity contribution >= 4 is 6.08 Å². The topological polar surface area (TPSA) is 78.1 Å². The van der Waals surface area contributed by atoms with E-state index >= 15 is 0 Å². The Hall–Kier alpha value is -3.19. The number of rotatable bonds is 9. The molecule has 0 amide bonds. The lowest BCUT2D eigenvalue weighted by Gasteiger charge is -2.31. The van der Waals surface area contributed by atoms with Gasteiger partial charge in [-0.15, -0.1) is 0 Å². The summed E-state index contributed by atoms with van der Waals surface area (Å²) in [6, 6.07) is 21.1. The monoisotopic (exact) mass is 434 g/mol. The van der Waals surface area contributed by atoms with Crippen LogP contribution in [0.2, 0.25) is 0 Å². The minimum absolute atomic E-state index is 0.0743. The Labute approximate surface area is 186 Å². The third-order valence-electron chi connectivity index (χ3n) is 5.18. The highest BCUT2D eigenvalue weighted by Gasteiger charge is 2.32. The molecule has 1 aliphatic rings. The van der Waals surface area contributed by atoms with Gasteiger partial charge in [-0.1, -0.05) is 60.7 Å². The number of hydrogen-bond acceptors (Lipinski definition) is 6. The summed E-state index contributed by atoms with van der Waals surface area (Å²) in [5.74, 6) is 0.869. The van der Waals surface area contributed by atoms with Crippen LogP contribution in [0.1, 0.15) is 22.5 Å². The number of fused-ring (bicyclic) bond motifs is 1. The van der Waals surface area contributed by atoms with Crippen LogP contribution in [0.5, 0.6) is 5.75 Å². The Kier molecular flexibility index (Phi) is 7.17. The van der Waals surface area contributed by atoms with E-state index in [1.54, 1.807) is 25.1 Å². The maximum Gasteiger partial charge on any atom is 0.346 e. The van der Waals surface area contributed by atoms with Gasteiger partial charge in [-0.2, -0.15) is 0 Å². The van der Waals surface area contributed by atoms with Gasteiger partial charge in [0.15, 0.2) is 0 Å². The summed E-state index contributed by atoms with van der Waals surface area (Å²) in [5, 5.41) is 10.9. The summed E-state index contributed by atoms with van der Waals surface area (Å²) in [6.07, 6.45) is 1.13. The summed E-state index contributed by atoms with van der Waals surface area (Å²) in [4.78, 5) is 12.1. The summed E-state index contributed by atoms with van der Waals surface area (Å²) in [6.45, 7) is 2.45. The Bertz CT molecular complexity index is 1090. The molecule has 32 heavy (non-hydrogen) atoms. The molecule has 2 aromatic carbocycles. The van der Waals surface area contributed by atoms with Crippen molar-refractivity contribution in [3.8, 4) is 5.75 Å². The van der Waals surface area contributed by atoms with Crippen LogP contribution in [0.3, 0.4) is 0 Å². The van der Waals surface area contributed by atoms with Crippen molar-refractivity contribution in [3.05, 3.63) is 106 Å². The first kappa shape index (κ1) is 22.0. The third kappa shape index (κ3) is 5.53. The molecule has 6 heteroatoms. The molecule has 2 heterocycles. The van der Waals surface area contributed by atoms with E-state index < -0.39 is 23.9 Å². The molecule has 0 fully saturated rings. The van der Waals surface area contributed by atoms with E-state index in [1.165, 1.54) is 0 Å². The van der Waals surface area contributed by atoms with Crippen molar-refractivity contribution in [3.63, 3.8) is 0 Å². The highest BCUT2D eigenvalue weighted by Crippen LogP contribution is 2.27. The van der Waals surface area contributed by atoms with Crippen LogP contribution in [0.25, 0.3) is 6.08 Å². The first-order valence-corrected chi connectivity index (χ1v) is 10.5. The average Bonchev–Trinajstić information content (AvgIpc) is 2.80. The minimum atomic E-state index is -0.945. The molecule has 1 aromatic heterocycles. The van der Waals surface area contributed by atoms with Gasteiger partial charge in [-0.3, -0.25) is 0 Å². The van der Waals surface area contributed by atoms with Gasteiger partial charge in [0, 0.05) is 6.07 Å². The van der Waals surface area contributed by atoms with E-state index in [2.05, 4.69) is 0 Å². The summed E-state index contributed by atoms with van der Waals surface area (Å²) in [5.41, 5.74) is 1.89. The predicted octanol–water partition coefficient (Wildman–Crippen LogP) is 3.89. The van der Waals surface area contributed by atoms with Gasteiger partial charge >= 0.3 is 5.63 Å². The van der Waals surface area contributed by atoms with E-state index in [-0.39, 0.29) is 6.61 Å². The second-order valence-electron chi connectivity index (χ2n) is 7.69. The molecular formula is C26H26O6. The molecule has 0 aliphatic carbocycles. The fraction of sp³-hybridized carbons (Fsp3) is 0.269. The van der Waals surface area contributed by atoms with Crippen LogP contribution in [0, 0.1) is 6.92 Å². The van der Waals surface area contributed by atoms with Crippen LogP contribution >= 0.6 is 0 Å². The fourth-order valence-corrected chi connectivity index (χ4v) is 3.55. The van der Waals surface area contributed by atoms with Gasteiger partial charge in [0.1, 0.15) is 35.4 Å². The van der Waals surface area contributed by atoms with E-state index in [1.807, 2.05) is 60.7 Å². The lowest BCUT2D eigenvalue weighted by molar-refractivity contribution is -0.111. The SMILES string of the molecule is Cc1cc2c(c(=O)o1)C=C[C@@H]([C@H](OCc1ccccc1)[C@H](O)COCc1ccccc1)O2. The molecule has 1 N–H and O–H groups in total. The maximum atomic E-state index is 12.1. The van der Waals surface area contributed by atoms with Crippen molar-refractivity contribution in [1.82, 2.24) is 0 Å². The molecule has 0 spiro atoms. The van der Waals surface area contributed by atoms with Crippen molar-refractivity contribution in [2.75, 3.05) is 6.61 Å². The van der Waals surface area contributed by atoms with Crippen LogP contribution in [-0.2, 0) is 22.7 Å². The van der Waals surface area contributed by atoms with Gasteiger partial charge in [0.05, 0.1) is 19.8 Å². The molecule has 1 aliphatic heterocycles. The zero-order chi connectivity index (χ0) is 22.3. The Balaban J connectivity index is 1.47. The Morgan fingerprint density at radius 3 is 2.34 bits per heavy atom. The normalized spacial score (nSPS) is 16.8. The third-order valence-corrected chi connectivity index (χ3v) is 5.18. The summed E-state index contributed by atoms with van der Waals surface area (Å²) < 4.78 is 23.0. The Morgan fingerprint density at radius 2 is 1.66 bits per heavy atom. The first-order chi connectivity index (χ1) is 15.6. The quantitative estimate of drug-likeness (QED) is 0.551. The van der Waals surface area contributed by atoms with Gasteiger partial charge in [-0.25, -0.2) is 4.79 Å². The number of ether oxygens (including phenoxy) is 3. The zero-order valence-corrected chi connectivity index (χ0v) is 17.8. The second-order valence-corrected chi connectivity index (χ2v) is 7.69. The lowest BCUT2D eigenvalue weighted by atomic mass is 10.0. The van der Waals surface area contributed by atoms with Crippen molar-refractivity contribution in [2.24, 2.45) is 0 Å². The van der Waals surface area contributed by atoms with Crippen molar-refractivity contribution in [1.29, 1.82) is 0 Å². The molecule has 166 valence electrons. The van der Waals surface area contributed by atoms with Gasteiger partial charge in [0.2, 0.25) is 0 Å². The van der Waals surface area contributed by atoms with Gasteiger partial charge in [0.25, 0.3) is 0 Å². The van der Waals surface area contributed by atoms with Crippen LogP contribution in [0.15, 0.2) is 82.0 Å². The lowest BCUT2D eigenvalue weighted by Crippen LogP contribution is -2.45. The summed E-state index contributed by atoms with van der Waals surface area (Å²) in [7, 11) is 0. The smallest absolute Gasteiger partial charge is 0.346 e. The molecule has 0 saturated heterocycles. The molecule has 0 bridgehead atoms. The Morgan fingerprint density at radius 1 is 1.00 bits per heavy atom. The number of benzene rings is 2. The number of aryl methyl sites for hydroxylation is 1. The number of aliphatic hydroxyl groups is 1. The van der Waals surface area contributed by atoms with Gasteiger partial charge in [-0.05, 0) is 30.2 Å². The molecule has 0 saturated carbocycles. The standard InChI is InChI=1S/C26H26O6/c1-18-14-24-21(26(28)31-18)12-13-23(32-24)25(30-16-20-10-6-3-7-11-20)22(27)17-29-15-19-8-4-2-5-9-19/h2-14,22-23,25,27H,15-17H2,1H3/t22-,23+,25-/m1/s1. The van der Waals surface area contributed by atoms with E-state index in [0.29, 0.717) is 30.3 Å². The maximum absolute atomic E-state index is 12.1. The first-order valence-electron chi connectivity index (χ1n) is 10.5. The molecule has 0 unspecified atom stereocenters. The second kappa shape index (κ2) is 10.4. The van der Waals surface area contributed by atoms with E-state index in [4.69, 9.17) is 18.6 Å². The van der Waals surface area contributed by atoms with Crippen LogP contribution in [-0.4, -0.2) is 30.0 Å². The van der Waals surface area contributed by atoms with Gasteiger partial charge < -0.3 is 23.7 Å². The highest BCUT2D eigenvalue weighted by atomic mass is 16.6. The predicted molar refractivity (Wildman–Crippen MR) is 120 cm³/mol. The number of aliphatic hydroxyl groups excluding tert-OH is 1. The van der Waals surface area contributed by atoms with E-state index in [9.17, 15) is 9.90 Å². The fourth-order valence-electron chi connectivity index (χ4n) is 3.55. The zero-order valence-electron chi connectivity index (χ0n) is 17.8. The van der Waals surface area contributed by atoms with Crippen LogP contribution < -0.4 is 10.4 Å². The highest BCUT2D eigenvalue weighted by molar-refractivity contribution is 5.58. The average molecular weight is 434 g/mol. The molecular weight excluding hydrogens is 408 g/mol. The molecule has 3 atom stereocenters. The summed E-state index contributed by atoms with van der Waals surface area (Å²) >= 11 is 0. The van der Waals surface area contributed by atoms with Crippen LogP contribution in [0.4, 0.5) is 0 Å². The van der Waals surface area contributed by atoms with Crippen molar-refractivity contribution in [2.45, 2.75) is 38.4 Å². The molecule has 0 radical (unpaired) electrons.